The monoisotopic (exact) mass is 244 g/mol. The molecule has 0 aliphatic carbocycles. The highest BCUT2D eigenvalue weighted by Crippen LogP contribution is 2.47. The molecule has 5 heteroatoms. The minimum Gasteiger partial charge on any atom is -0.314 e. The summed E-state index contributed by atoms with van der Waals surface area (Å²) >= 11 is 0. The Bertz CT molecular complexity index is 227. The average molecular weight is 244 g/mol. The van der Waals surface area contributed by atoms with Gasteiger partial charge in [0.05, 0.1) is 11.0 Å². The number of alkyl halides is 4. The Morgan fingerprint density at radius 2 is 1.44 bits per heavy atom. The largest absolute Gasteiger partial charge is 0.353 e. The van der Waals surface area contributed by atoms with Gasteiger partial charge >= 0.3 is 6.11 Å². The van der Waals surface area contributed by atoms with Gasteiger partial charge in [0.25, 0.3) is 0 Å². The molecule has 0 amide bonds. The van der Waals surface area contributed by atoms with Crippen molar-refractivity contribution in [2.24, 2.45) is 5.41 Å². The van der Waals surface area contributed by atoms with Crippen LogP contribution in [0.25, 0.3) is 0 Å². The maximum Gasteiger partial charge on any atom is 0.353 e. The second-order valence-electron chi connectivity index (χ2n) is 4.57. The van der Waals surface area contributed by atoms with Crippen LogP contribution in [-0.4, -0.2) is 18.1 Å². The van der Waals surface area contributed by atoms with Crippen molar-refractivity contribution in [1.29, 1.82) is 0 Å². The average Bonchev–Trinajstić information content (AvgIpc) is 2.13. The lowest BCUT2D eigenvalue weighted by molar-refractivity contribution is -0.319. The third-order valence-electron chi connectivity index (χ3n) is 3.50. The Morgan fingerprint density at radius 1 is 1.00 bits per heavy atom. The van der Waals surface area contributed by atoms with Crippen molar-refractivity contribution in [3.8, 4) is 0 Å². The van der Waals surface area contributed by atoms with Crippen molar-refractivity contribution >= 4 is 0 Å². The van der Waals surface area contributed by atoms with Gasteiger partial charge in [0, 0.05) is 6.92 Å². The Hall–Kier alpha value is -0.320. The smallest absolute Gasteiger partial charge is 0.314 e. The maximum atomic E-state index is 13.0. The zero-order valence-electron chi connectivity index (χ0n) is 10.4. The molecule has 0 spiro atoms. The molecule has 2 atom stereocenters. The molecule has 0 aromatic rings. The van der Waals surface area contributed by atoms with Crippen LogP contribution in [0.1, 0.15) is 47.5 Å². The molecule has 1 nitrogen and oxygen atoms in total. The predicted octanol–water partition coefficient (Wildman–Crippen LogP) is 4.47. The quantitative estimate of drug-likeness (QED) is 0.626. The van der Waals surface area contributed by atoms with Gasteiger partial charge < -0.3 is 4.74 Å². The Labute approximate surface area is 94.2 Å². The summed E-state index contributed by atoms with van der Waals surface area (Å²) in [6, 6.07) is 0. The predicted molar refractivity (Wildman–Crippen MR) is 54.8 cm³/mol. The van der Waals surface area contributed by atoms with E-state index in [2.05, 4.69) is 4.74 Å². The van der Waals surface area contributed by atoms with E-state index in [1.165, 1.54) is 13.8 Å². The molecule has 0 aliphatic heterocycles. The minimum absolute atomic E-state index is 0.0745. The SMILES string of the molecule is CCC(C)(OC(C)(F)F)C(C)(CC)C(F)F. The number of hydrogen-bond acceptors (Lipinski definition) is 1. The molecule has 0 N–H and O–H groups in total. The number of ether oxygens (including phenoxy) is 1. The molecular weight excluding hydrogens is 224 g/mol. The van der Waals surface area contributed by atoms with Crippen LogP contribution in [0.4, 0.5) is 17.6 Å². The summed E-state index contributed by atoms with van der Waals surface area (Å²) in [5.41, 5.74) is -3.13. The van der Waals surface area contributed by atoms with Crippen LogP contribution in [0.5, 0.6) is 0 Å². The van der Waals surface area contributed by atoms with Crippen LogP contribution >= 0.6 is 0 Å². The lowest BCUT2D eigenvalue weighted by atomic mass is 9.71. The molecule has 0 fully saturated rings. The molecule has 0 aromatic heterocycles. The molecule has 98 valence electrons. The van der Waals surface area contributed by atoms with E-state index < -0.39 is 23.6 Å². The van der Waals surface area contributed by atoms with Gasteiger partial charge in [-0.2, -0.15) is 8.78 Å². The van der Waals surface area contributed by atoms with E-state index in [4.69, 9.17) is 0 Å². The first-order valence-electron chi connectivity index (χ1n) is 5.38. The van der Waals surface area contributed by atoms with Gasteiger partial charge in [-0.05, 0) is 19.8 Å². The van der Waals surface area contributed by atoms with Crippen molar-refractivity contribution in [1.82, 2.24) is 0 Å². The number of halogens is 4. The van der Waals surface area contributed by atoms with E-state index in [0.717, 1.165) is 0 Å². The van der Waals surface area contributed by atoms with E-state index in [1.807, 2.05) is 0 Å². The summed E-state index contributed by atoms with van der Waals surface area (Å²) in [6.07, 6.45) is -5.93. The van der Waals surface area contributed by atoms with Crippen molar-refractivity contribution in [2.75, 3.05) is 0 Å². The third-order valence-corrected chi connectivity index (χ3v) is 3.50. The summed E-state index contributed by atoms with van der Waals surface area (Å²) in [4.78, 5) is 0. The van der Waals surface area contributed by atoms with Crippen LogP contribution in [0.3, 0.4) is 0 Å². The first-order chi connectivity index (χ1) is 7.02. The first kappa shape index (κ1) is 15.7. The van der Waals surface area contributed by atoms with Crippen LogP contribution in [-0.2, 0) is 4.74 Å². The van der Waals surface area contributed by atoms with Crippen LogP contribution in [0, 0.1) is 5.41 Å². The summed E-state index contributed by atoms with van der Waals surface area (Å²) in [7, 11) is 0. The second kappa shape index (κ2) is 4.90. The van der Waals surface area contributed by atoms with Gasteiger partial charge in [-0.15, -0.1) is 0 Å². The molecule has 0 radical (unpaired) electrons. The van der Waals surface area contributed by atoms with Crippen LogP contribution < -0.4 is 0 Å². The van der Waals surface area contributed by atoms with Gasteiger partial charge in [-0.25, -0.2) is 8.78 Å². The first-order valence-corrected chi connectivity index (χ1v) is 5.38. The molecule has 0 saturated carbocycles. The summed E-state index contributed by atoms with van der Waals surface area (Å²) < 4.78 is 56.3. The van der Waals surface area contributed by atoms with E-state index in [9.17, 15) is 17.6 Å². The van der Waals surface area contributed by atoms with Crippen molar-refractivity contribution < 1.29 is 22.3 Å². The standard InChI is InChI=1S/C11H20F4O/c1-6-9(3,8(12)13)10(4,7-2)16-11(5,14)15/h8H,6-7H2,1-5H3. The van der Waals surface area contributed by atoms with E-state index in [-0.39, 0.29) is 12.8 Å². The third kappa shape index (κ3) is 3.09. The molecule has 16 heavy (non-hydrogen) atoms. The molecular formula is C11H20F4O. The van der Waals surface area contributed by atoms with Gasteiger partial charge in [0.1, 0.15) is 0 Å². The van der Waals surface area contributed by atoms with E-state index >= 15 is 0 Å². The van der Waals surface area contributed by atoms with Crippen molar-refractivity contribution in [3.63, 3.8) is 0 Å². The van der Waals surface area contributed by atoms with Crippen molar-refractivity contribution in [3.05, 3.63) is 0 Å². The van der Waals surface area contributed by atoms with Gasteiger partial charge in [0.15, 0.2) is 0 Å². The fourth-order valence-electron chi connectivity index (χ4n) is 1.75. The Balaban J connectivity index is 5.21. The van der Waals surface area contributed by atoms with Gasteiger partial charge in [-0.1, -0.05) is 20.8 Å². The Morgan fingerprint density at radius 3 is 1.62 bits per heavy atom. The highest BCUT2D eigenvalue weighted by molar-refractivity contribution is 4.95. The molecule has 0 aliphatic rings. The summed E-state index contributed by atoms with van der Waals surface area (Å²) in [6.45, 7) is 6.30. The number of hydrogen-bond donors (Lipinski definition) is 0. The van der Waals surface area contributed by atoms with Gasteiger partial charge in [-0.3, -0.25) is 0 Å². The number of rotatable bonds is 6. The van der Waals surface area contributed by atoms with Crippen molar-refractivity contribution in [2.45, 2.75) is 65.6 Å². The van der Waals surface area contributed by atoms with Crippen LogP contribution in [0.15, 0.2) is 0 Å². The second-order valence-corrected chi connectivity index (χ2v) is 4.57. The normalized spacial score (nSPS) is 20.6. The lowest BCUT2D eigenvalue weighted by Gasteiger charge is -2.45. The van der Waals surface area contributed by atoms with Crippen LogP contribution in [0.2, 0.25) is 0 Å². The van der Waals surface area contributed by atoms with E-state index in [0.29, 0.717) is 6.92 Å². The molecule has 0 rings (SSSR count). The van der Waals surface area contributed by atoms with Gasteiger partial charge in [0.2, 0.25) is 6.43 Å². The Kier molecular flexibility index (Phi) is 4.80. The molecule has 0 heterocycles. The lowest BCUT2D eigenvalue weighted by Crippen LogP contribution is -2.52. The summed E-state index contributed by atoms with van der Waals surface area (Å²) in [5.74, 6) is 0. The highest BCUT2D eigenvalue weighted by atomic mass is 19.3. The zero-order valence-corrected chi connectivity index (χ0v) is 10.4. The highest BCUT2D eigenvalue weighted by Gasteiger charge is 2.53. The molecule has 2 unspecified atom stereocenters. The molecule has 0 aromatic carbocycles. The molecule has 0 bridgehead atoms. The fraction of sp³-hybridized carbons (Fsp3) is 1.00. The minimum atomic E-state index is -3.41. The molecule has 0 saturated heterocycles. The maximum absolute atomic E-state index is 13.0. The topological polar surface area (TPSA) is 9.23 Å². The zero-order chi connectivity index (χ0) is 13.2. The fourth-order valence-corrected chi connectivity index (χ4v) is 1.75. The summed E-state index contributed by atoms with van der Waals surface area (Å²) in [5, 5.41) is 0. The van der Waals surface area contributed by atoms with E-state index in [1.54, 1.807) is 13.8 Å².